The second-order valence-electron chi connectivity index (χ2n) is 4.06. The summed E-state index contributed by atoms with van der Waals surface area (Å²) in [5.74, 6) is -0.398. The Bertz CT molecular complexity index is 382. The molecule has 0 fully saturated rings. The molecule has 16 heavy (non-hydrogen) atoms. The molecule has 0 saturated heterocycles. The summed E-state index contributed by atoms with van der Waals surface area (Å²) in [5, 5.41) is 12.8. The van der Waals surface area contributed by atoms with Crippen LogP contribution in [0.3, 0.4) is 0 Å². The van der Waals surface area contributed by atoms with E-state index in [4.69, 9.17) is 5.73 Å². The lowest BCUT2D eigenvalue weighted by molar-refractivity contribution is 0.0697. The molecule has 0 spiro atoms. The molecule has 0 radical (unpaired) electrons. The van der Waals surface area contributed by atoms with Gasteiger partial charge >= 0.3 is 0 Å². The summed E-state index contributed by atoms with van der Waals surface area (Å²) in [7, 11) is 0. The van der Waals surface area contributed by atoms with Gasteiger partial charge in [0, 0.05) is 12.6 Å². The maximum Gasteiger partial charge on any atom is 0.139 e. The van der Waals surface area contributed by atoms with Crippen LogP contribution < -0.4 is 11.1 Å². The first kappa shape index (κ1) is 13.3. The van der Waals surface area contributed by atoms with Gasteiger partial charge < -0.3 is 16.2 Å². The number of halogens is 2. The lowest BCUT2D eigenvalue weighted by Gasteiger charge is -2.23. The van der Waals surface area contributed by atoms with Gasteiger partial charge in [-0.25, -0.2) is 4.39 Å². The molecule has 5 heteroatoms. The minimum atomic E-state index is -0.798. The maximum absolute atomic E-state index is 13.1. The van der Waals surface area contributed by atoms with E-state index in [0.717, 1.165) is 0 Å². The van der Waals surface area contributed by atoms with Gasteiger partial charge in [0.05, 0.1) is 21.4 Å². The predicted molar refractivity (Wildman–Crippen MR) is 67.9 cm³/mol. The molecule has 1 aromatic rings. The topological polar surface area (TPSA) is 58.3 Å². The summed E-state index contributed by atoms with van der Waals surface area (Å²) < 4.78 is 13.4. The second-order valence-corrected chi connectivity index (χ2v) is 4.91. The highest BCUT2D eigenvalue weighted by molar-refractivity contribution is 9.10. The van der Waals surface area contributed by atoms with Crippen LogP contribution in [0.5, 0.6) is 0 Å². The zero-order valence-corrected chi connectivity index (χ0v) is 10.9. The number of nitrogens with two attached hydrogens (primary N) is 1. The van der Waals surface area contributed by atoms with Crippen molar-refractivity contribution in [3.05, 3.63) is 22.4 Å². The third kappa shape index (κ3) is 3.35. The average Bonchev–Trinajstić information content (AvgIpc) is 2.22. The number of aliphatic hydroxyl groups is 1. The van der Waals surface area contributed by atoms with Gasteiger partial charge in [-0.3, -0.25) is 0 Å². The summed E-state index contributed by atoms with van der Waals surface area (Å²) in [6, 6.07) is 2.81. The Balaban J connectivity index is 2.79. The lowest BCUT2D eigenvalue weighted by atomic mass is 10.0. The Labute approximate surface area is 103 Å². The molecule has 0 aliphatic carbocycles. The zero-order valence-electron chi connectivity index (χ0n) is 9.35. The van der Waals surface area contributed by atoms with E-state index in [0.29, 0.717) is 28.8 Å². The van der Waals surface area contributed by atoms with Crippen LogP contribution in [0, 0.1) is 5.82 Å². The molecule has 0 aliphatic rings. The predicted octanol–water partition coefficient (Wildman–Crippen LogP) is 2.74. The van der Waals surface area contributed by atoms with Crippen LogP contribution in [0.25, 0.3) is 0 Å². The van der Waals surface area contributed by atoms with Crippen molar-refractivity contribution in [2.75, 3.05) is 17.6 Å². The molecule has 90 valence electrons. The lowest BCUT2D eigenvalue weighted by Crippen LogP contribution is -2.32. The van der Waals surface area contributed by atoms with Crippen molar-refractivity contribution in [3.63, 3.8) is 0 Å². The maximum atomic E-state index is 13.1. The number of benzene rings is 1. The first-order chi connectivity index (χ1) is 7.35. The SMILES string of the molecule is CCC(C)(O)CNc1cc(Br)c(F)cc1N. The van der Waals surface area contributed by atoms with E-state index in [2.05, 4.69) is 21.2 Å². The molecule has 0 aromatic heterocycles. The third-order valence-corrected chi connectivity index (χ3v) is 3.12. The van der Waals surface area contributed by atoms with Crippen molar-refractivity contribution in [3.8, 4) is 0 Å². The van der Waals surface area contributed by atoms with Gasteiger partial charge in [-0.05, 0) is 35.3 Å². The van der Waals surface area contributed by atoms with E-state index < -0.39 is 11.4 Å². The molecule has 1 unspecified atom stereocenters. The van der Waals surface area contributed by atoms with Crippen molar-refractivity contribution in [2.24, 2.45) is 0 Å². The fourth-order valence-corrected chi connectivity index (χ4v) is 1.47. The molecular weight excluding hydrogens is 275 g/mol. The smallest absolute Gasteiger partial charge is 0.139 e. The van der Waals surface area contributed by atoms with Gasteiger partial charge in [0.1, 0.15) is 5.82 Å². The van der Waals surface area contributed by atoms with Crippen molar-refractivity contribution in [2.45, 2.75) is 25.9 Å². The van der Waals surface area contributed by atoms with Crippen LogP contribution in [-0.4, -0.2) is 17.3 Å². The standard InChI is InChI=1S/C11H16BrFN2O/c1-3-11(2,16)6-15-10-4-7(12)8(13)5-9(10)14/h4-5,15-16H,3,6,14H2,1-2H3. The molecule has 0 aliphatic heterocycles. The molecule has 3 nitrogen and oxygen atoms in total. The van der Waals surface area contributed by atoms with Gasteiger partial charge in [-0.2, -0.15) is 0 Å². The van der Waals surface area contributed by atoms with Crippen molar-refractivity contribution < 1.29 is 9.50 Å². The van der Waals surface area contributed by atoms with E-state index in [1.54, 1.807) is 13.0 Å². The Morgan fingerprint density at radius 1 is 1.56 bits per heavy atom. The van der Waals surface area contributed by atoms with Gasteiger partial charge in [-0.15, -0.1) is 0 Å². The van der Waals surface area contributed by atoms with Crippen molar-refractivity contribution in [1.82, 2.24) is 0 Å². The number of nitrogen functional groups attached to an aromatic ring is 1. The van der Waals surface area contributed by atoms with Gasteiger partial charge in [0.25, 0.3) is 0 Å². The number of hydrogen-bond donors (Lipinski definition) is 3. The number of anilines is 2. The molecule has 0 amide bonds. The summed E-state index contributed by atoms with van der Waals surface area (Å²) in [6.45, 7) is 3.99. The Morgan fingerprint density at radius 3 is 2.75 bits per heavy atom. The summed E-state index contributed by atoms with van der Waals surface area (Å²) in [6.07, 6.45) is 0.627. The highest BCUT2D eigenvalue weighted by Gasteiger charge is 2.17. The van der Waals surface area contributed by atoms with Crippen molar-refractivity contribution in [1.29, 1.82) is 0 Å². The van der Waals surface area contributed by atoms with Gasteiger partial charge in [0.15, 0.2) is 0 Å². The minimum absolute atomic E-state index is 0.326. The quantitative estimate of drug-likeness (QED) is 0.748. The molecule has 0 heterocycles. The summed E-state index contributed by atoms with van der Waals surface area (Å²) in [5.41, 5.74) is 5.80. The van der Waals surface area contributed by atoms with Crippen molar-refractivity contribution >= 4 is 27.3 Å². The highest BCUT2D eigenvalue weighted by atomic mass is 79.9. The van der Waals surface area contributed by atoms with Gasteiger partial charge in [0.2, 0.25) is 0 Å². The molecule has 1 rings (SSSR count). The third-order valence-electron chi connectivity index (χ3n) is 2.51. The highest BCUT2D eigenvalue weighted by Crippen LogP contribution is 2.27. The normalized spacial score (nSPS) is 14.6. The number of nitrogens with one attached hydrogen (secondary N) is 1. The Hall–Kier alpha value is -0.810. The Morgan fingerprint density at radius 2 is 2.19 bits per heavy atom. The largest absolute Gasteiger partial charge is 0.397 e. The van der Waals surface area contributed by atoms with E-state index in [9.17, 15) is 9.50 Å². The fourth-order valence-electron chi connectivity index (χ4n) is 1.13. The van der Waals surface area contributed by atoms with Gasteiger partial charge in [-0.1, -0.05) is 6.92 Å². The molecule has 4 N–H and O–H groups in total. The average molecular weight is 291 g/mol. The van der Waals surface area contributed by atoms with E-state index in [1.165, 1.54) is 6.07 Å². The molecule has 0 saturated carbocycles. The second kappa shape index (κ2) is 5.01. The fraction of sp³-hybridized carbons (Fsp3) is 0.455. The van der Waals surface area contributed by atoms with E-state index in [1.807, 2.05) is 6.92 Å². The monoisotopic (exact) mass is 290 g/mol. The molecule has 0 bridgehead atoms. The van der Waals surface area contributed by atoms with Crippen LogP contribution in [0.2, 0.25) is 0 Å². The molecular formula is C11H16BrFN2O. The van der Waals surface area contributed by atoms with Crippen LogP contribution >= 0.6 is 15.9 Å². The number of hydrogen-bond acceptors (Lipinski definition) is 3. The Kier molecular flexibility index (Phi) is 4.15. The zero-order chi connectivity index (χ0) is 12.3. The summed E-state index contributed by atoms with van der Waals surface area (Å²) in [4.78, 5) is 0. The van der Waals surface area contributed by atoms with Crippen LogP contribution in [0.1, 0.15) is 20.3 Å². The van der Waals surface area contributed by atoms with Crippen LogP contribution in [0.15, 0.2) is 16.6 Å². The van der Waals surface area contributed by atoms with E-state index in [-0.39, 0.29) is 0 Å². The van der Waals surface area contributed by atoms with E-state index >= 15 is 0 Å². The van der Waals surface area contributed by atoms with Crippen LogP contribution in [0.4, 0.5) is 15.8 Å². The molecule has 1 aromatic carbocycles. The van der Waals surface area contributed by atoms with Crippen LogP contribution in [-0.2, 0) is 0 Å². The molecule has 1 atom stereocenters. The first-order valence-corrected chi connectivity index (χ1v) is 5.86. The number of rotatable bonds is 4. The first-order valence-electron chi connectivity index (χ1n) is 5.06. The minimum Gasteiger partial charge on any atom is -0.397 e. The summed E-state index contributed by atoms with van der Waals surface area (Å²) >= 11 is 3.08.